The van der Waals surface area contributed by atoms with Crippen LogP contribution in [-0.4, -0.2) is 6.54 Å². The minimum atomic E-state index is 0.336. The van der Waals surface area contributed by atoms with E-state index in [4.69, 9.17) is 11.6 Å². The Kier molecular flexibility index (Phi) is 5.00. The van der Waals surface area contributed by atoms with Crippen molar-refractivity contribution in [2.75, 3.05) is 6.54 Å². The van der Waals surface area contributed by atoms with Crippen molar-refractivity contribution in [2.24, 2.45) is 0 Å². The van der Waals surface area contributed by atoms with E-state index < -0.39 is 0 Å². The molecule has 0 fully saturated rings. The van der Waals surface area contributed by atoms with Gasteiger partial charge in [0, 0.05) is 11.1 Å². The Labute approximate surface area is 120 Å². The smallest absolute Gasteiger partial charge is 0.0435 e. The predicted octanol–water partition coefficient (Wildman–Crippen LogP) is 4.54. The van der Waals surface area contributed by atoms with E-state index in [1.807, 2.05) is 6.07 Å². The van der Waals surface area contributed by atoms with E-state index >= 15 is 0 Å². The summed E-state index contributed by atoms with van der Waals surface area (Å²) < 4.78 is 0. The number of rotatable bonds is 5. The maximum Gasteiger partial charge on any atom is 0.0435 e. The Morgan fingerprint density at radius 2 is 1.84 bits per heavy atom. The monoisotopic (exact) mass is 273 g/mol. The van der Waals surface area contributed by atoms with Gasteiger partial charge >= 0.3 is 0 Å². The molecule has 2 heteroatoms. The first kappa shape index (κ1) is 14.1. The summed E-state index contributed by atoms with van der Waals surface area (Å²) in [7, 11) is 0. The number of halogens is 1. The number of aryl methyl sites for hydroxylation is 1. The van der Waals surface area contributed by atoms with Crippen LogP contribution in [0.5, 0.6) is 0 Å². The highest BCUT2D eigenvalue weighted by Crippen LogP contribution is 2.23. The first-order valence-corrected chi connectivity index (χ1v) is 7.12. The summed E-state index contributed by atoms with van der Waals surface area (Å²) in [6.07, 6.45) is 0.996. The second kappa shape index (κ2) is 6.74. The second-order valence-electron chi connectivity index (χ2n) is 4.81. The van der Waals surface area contributed by atoms with E-state index in [0.717, 1.165) is 23.6 Å². The number of hydrogen-bond acceptors (Lipinski definition) is 1. The van der Waals surface area contributed by atoms with Crippen LogP contribution in [0.25, 0.3) is 0 Å². The third-order valence-corrected chi connectivity index (χ3v) is 3.74. The van der Waals surface area contributed by atoms with Crippen LogP contribution in [0.3, 0.4) is 0 Å². The molecule has 0 bridgehead atoms. The van der Waals surface area contributed by atoms with Crippen LogP contribution in [0.4, 0.5) is 0 Å². The zero-order chi connectivity index (χ0) is 13.7. The molecule has 100 valence electrons. The van der Waals surface area contributed by atoms with Gasteiger partial charge < -0.3 is 5.32 Å². The van der Waals surface area contributed by atoms with Crippen molar-refractivity contribution in [2.45, 2.75) is 26.3 Å². The van der Waals surface area contributed by atoms with Crippen molar-refractivity contribution in [3.8, 4) is 0 Å². The van der Waals surface area contributed by atoms with E-state index in [9.17, 15) is 0 Å². The lowest BCUT2D eigenvalue weighted by Crippen LogP contribution is -2.23. The van der Waals surface area contributed by atoms with Gasteiger partial charge in [0.05, 0.1) is 0 Å². The van der Waals surface area contributed by atoms with E-state index in [2.05, 4.69) is 61.6 Å². The summed E-state index contributed by atoms with van der Waals surface area (Å²) in [6.45, 7) is 5.15. The van der Waals surface area contributed by atoms with Crippen LogP contribution in [0.15, 0.2) is 48.5 Å². The van der Waals surface area contributed by atoms with Gasteiger partial charge in [0.15, 0.2) is 0 Å². The van der Waals surface area contributed by atoms with Gasteiger partial charge in [-0.3, -0.25) is 0 Å². The molecule has 0 spiro atoms. The summed E-state index contributed by atoms with van der Waals surface area (Å²) in [6, 6.07) is 17.2. The molecule has 0 amide bonds. The van der Waals surface area contributed by atoms with Crippen molar-refractivity contribution in [1.29, 1.82) is 0 Å². The van der Waals surface area contributed by atoms with Gasteiger partial charge in [-0.25, -0.2) is 0 Å². The summed E-state index contributed by atoms with van der Waals surface area (Å²) >= 11 is 6.10. The van der Waals surface area contributed by atoms with Crippen molar-refractivity contribution < 1.29 is 0 Å². The summed E-state index contributed by atoms with van der Waals surface area (Å²) in [5.74, 6) is 0. The van der Waals surface area contributed by atoms with Gasteiger partial charge in [0.25, 0.3) is 0 Å². The fourth-order valence-electron chi connectivity index (χ4n) is 2.29. The molecule has 0 aliphatic carbocycles. The number of hydrogen-bond donors (Lipinski definition) is 1. The van der Waals surface area contributed by atoms with Crippen LogP contribution < -0.4 is 5.32 Å². The molecule has 1 unspecified atom stereocenters. The van der Waals surface area contributed by atoms with Gasteiger partial charge in [-0.05, 0) is 42.6 Å². The predicted molar refractivity (Wildman–Crippen MR) is 82.8 cm³/mol. The Hall–Kier alpha value is -1.31. The Balaban J connectivity index is 2.21. The number of nitrogens with one attached hydrogen (secondary N) is 1. The molecule has 2 rings (SSSR count). The molecule has 0 saturated heterocycles. The fraction of sp³-hybridized carbons (Fsp3) is 0.294. The molecule has 0 aromatic heterocycles. The van der Waals surface area contributed by atoms with Crippen molar-refractivity contribution in [3.05, 3.63) is 70.2 Å². The largest absolute Gasteiger partial charge is 0.310 e. The molecule has 0 aliphatic heterocycles. The van der Waals surface area contributed by atoms with Gasteiger partial charge in [-0.15, -0.1) is 0 Å². The molecule has 1 nitrogen and oxygen atoms in total. The van der Waals surface area contributed by atoms with Gasteiger partial charge in [-0.1, -0.05) is 61.0 Å². The number of benzene rings is 2. The van der Waals surface area contributed by atoms with Crippen molar-refractivity contribution in [3.63, 3.8) is 0 Å². The topological polar surface area (TPSA) is 12.0 Å². The molecule has 0 radical (unpaired) electrons. The highest BCUT2D eigenvalue weighted by atomic mass is 35.5. The normalized spacial score (nSPS) is 12.4. The SMILES string of the molecule is CCNC(Cc1ccccc1)c1ccc(Cl)c(C)c1. The quantitative estimate of drug-likeness (QED) is 0.843. The first-order chi connectivity index (χ1) is 9.20. The fourth-order valence-corrected chi connectivity index (χ4v) is 2.41. The Morgan fingerprint density at radius 1 is 1.11 bits per heavy atom. The highest BCUT2D eigenvalue weighted by molar-refractivity contribution is 6.31. The van der Waals surface area contributed by atoms with Gasteiger partial charge in [0.2, 0.25) is 0 Å². The van der Waals surface area contributed by atoms with Gasteiger partial charge in [-0.2, -0.15) is 0 Å². The molecule has 2 aromatic carbocycles. The van der Waals surface area contributed by atoms with Crippen LogP contribution >= 0.6 is 11.6 Å². The summed E-state index contributed by atoms with van der Waals surface area (Å²) in [4.78, 5) is 0. The van der Waals surface area contributed by atoms with Crippen LogP contribution in [-0.2, 0) is 6.42 Å². The first-order valence-electron chi connectivity index (χ1n) is 6.74. The molecule has 19 heavy (non-hydrogen) atoms. The summed E-state index contributed by atoms with van der Waals surface area (Å²) in [5, 5.41) is 4.38. The standard InChI is InChI=1S/C17H20ClN/c1-3-19-17(12-14-7-5-4-6-8-14)15-9-10-16(18)13(2)11-15/h4-11,17,19H,3,12H2,1-2H3. The van der Waals surface area contributed by atoms with E-state index in [1.165, 1.54) is 11.1 Å². The minimum absolute atomic E-state index is 0.336. The maximum atomic E-state index is 6.10. The molecule has 0 aliphatic rings. The third kappa shape index (κ3) is 3.82. The molecule has 0 heterocycles. The van der Waals surface area contributed by atoms with Crippen LogP contribution in [0.1, 0.15) is 29.7 Å². The lowest BCUT2D eigenvalue weighted by Gasteiger charge is -2.19. The zero-order valence-corrected chi connectivity index (χ0v) is 12.2. The van der Waals surface area contributed by atoms with Crippen molar-refractivity contribution >= 4 is 11.6 Å². The molecule has 1 N–H and O–H groups in total. The van der Waals surface area contributed by atoms with E-state index in [0.29, 0.717) is 6.04 Å². The maximum absolute atomic E-state index is 6.10. The van der Waals surface area contributed by atoms with Crippen LogP contribution in [0, 0.1) is 6.92 Å². The Morgan fingerprint density at radius 3 is 2.47 bits per heavy atom. The minimum Gasteiger partial charge on any atom is -0.310 e. The molecule has 0 saturated carbocycles. The number of likely N-dealkylation sites (N-methyl/N-ethyl adjacent to an activating group) is 1. The average Bonchev–Trinajstić information content (AvgIpc) is 2.43. The Bertz CT molecular complexity index is 522. The second-order valence-corrected chi connectivity index (χ2v) is 5.22. The summed E-state index contributed by atoms with van der Waals surface area (Å²) in [5.41, 5.74) is 3.78. The highest BCUT2D eigenvalue weighted by Gasteiger charge is 2.11. The molecule has 1 atom stereocenters. The molecule has 2 aromatic rings. The van der Waals surface area contributed by atoms with E-state index in [1.54, 1.807) is 0 Å². The average molecular weight is 274 g/mol. The molecular weight excluding hydrogens is 254 g/mol. The van der Waals surface area contributed by atoms with E-state index in [-0.39, 0.29) is 0 Å². The lowest BCUT2D eigenvalue weighted by atomic mass is 9.97. The van der Waals surface area contributed by atoms with Crippen LogP contribution in [0.2, 0.25) is 5.02 Å². The van der Waals surface area contributed by atoms with Gasteiger partial charge in [0.1, 0.15) is 0 Å². The third-order valence-electron chi connectivity index (χ3n) is 3.32. The molecular formula is C17H20ClN. The zero-order valence-electron chi connectivity index (χ0n) is 11.5. The lowest BCUT2D eigenvalue weighted by molar-refractivity contribution is 0.549. The van der Waals surface area contributed by atoms with Crippen molar-refractivity contribution in [1.82, 2.24) is 5.32 Å².